The molecule has 1 heterocycles. The summed E-state index contributed by atoms with van der Waals surface area (Å²) in [5, 5.41) is 22.5. The summed E-state index contributed by atoms with van der Waals surface area (Å²) in [6.45, 7) is 3.84. The van der Waals surface area contributed by atoms with Gasteiger partial charge in [-0.15, -0.1) is 0 Å². The van der Waals surface area contributed by atoms with E-state index in [4.69, 9.17) is 37.4 Å². The van der Waals surface area contributed by atoms with Gasteiger partial charge in [0.15, 0.2) is 0 Å². The molecule has 2 atom stereocenters. The van der Waals surface area contributed by atoms with Crippen LogP contribution in [-0.2, 0) is 17.9 Å². The van der Waals surface area contributed by atoms with E-state index >= 15 is 0 Å². The van der Waals surface area contributed by atoms with Crippen LogP contribution in [0.1, 0.15) is 29.5 Å². The molecule has 4 rings (SSSR count). The van der Waals surface area contributed by atoms with Crippen molar-refractivity contribution in [3.05, 3.63) is 75.3 Å². The van der Waals surface area contributed by atoms with E-state index in [1.807, 2.05) is 43.3 Å². The second kappa shape index (κ2) is 17.1. The average Bonchev–Trinajstić information content (AvgIpc) is 3.44. The Morgan fingerprint density at radius 1 is 1.04 bits per heavy atom. The van der Waals surface area contributed by atoms with Crippen LogP contribution in [0.2, 0.25) is 10.0 Å². The number of nitrogens with one attached hydrogen (secondary N) is 1. The van der Waals surface area contributed by atoms with Gasteiger partial charge in [0, 0.05) is 48.9 Å². The van der Waals surface area contributed by atoms with Crippen molar-refractivity contribution in [2.75, 3.05) is 39.5 Å². The molecule has 0 aromatic heterocycles. The first-order chi connectivity index (χ1) is 21.7. The van der Waals surface area contributed by atoms with E-state index in [2.05, 4.69) is 10.2 Å². The summed E-state index contributed by atoms with van der Waals surface area (Å²) < 4.78 is 43.3. The standard InChI is InChI=1S/C33H38Cl2F2N2O6/c1-21-26(6-3-8-29(21)43-12-4-10-39-11-9-25(42)16-39)27-7-2-5-22(33(27)35)19-44-31-14-30(45-20-32(36)37)23(13-28(31)34)15-38-24(17-40)18-41/h2-3,5-8,13-14,17,24-25,32,38,41-42H,4,9-12,15-16,18-20H2,1H3/t24?,25-/m1/s1. The van der Waals surface area contributed by atoms with Gasteiger partial charge in [0.1, 0.15) is 36.7 Å². The van der Waals surface area contributed by atoms with Crippen molar-refractivity contribution >= 4 is 29.5 Å². The number of aliphatic hydroxyl groups is 2. The molecule has 3 aromatic carbocycles. The minimum atomic E-state index is -2.70. The van der Waals surface area contributed by atoms with Crippen LogP contribution >= 0.6 is 23.2 Å². The Bertz CT molecular complexity index is 1430. The zero-order chi connectivity index (χ0) is 32.3. The van der Waals surface area contributed by atoms with E-state index in [9.17, 15) is 23.8 Å². The number of nitrogens with zero attached hydrogens (tertiary/aromatic N) is 1. The van der Waals surface area contributed by atoms with Crippen molar-refractivity contribution < 1.29 is 38.0 Å². The molecule has 1 fully saturated rings. The molecule has 3 N–H and O–H groups in total. The minimum absolute atomic E-state index is 0.0381. The van der Waals surface area contributed by atoms with Crippen LogP contribution in [0.5, 0.6) is 17.2 Å². The molecule has 1 unspecified atom stereocenters. The summed E-state index contributed by atoms with van der Waals surface area (Å²) in [7, 11) is 0. The molecular weight excluding hydrogens is 629 g/mol. The molecule has 0 radical (unpaired) electrons. The van der Waals surface area contributed by atoms with Gasteiger partial charge in [0.2, 0.25) is 0 Å². The second-order valence-corrected chi connectivity index (χ2v) is 11.6. The van der Waals surface area contributed by atoms with Crippen LogP contribution < -0.4 is 19.5 Å². The van der Waals surface area contributed by atoms with E-state index in [0.29, 0.717) is 35.6 Å². The van der Waals surface area contributed by atoms with Crippen molar-refractivity contribution in [2.24, 2.45) is 0 Å². The molecule has 0 saturated carbocycles. The number of alkyl halides is 2. The molecule has 1 aliphatic heterocycles. The highest BCUT2D eigenvalue weighted by molar-refractivity contribution is 6.34. The van der Waals surface area contributed by atoms with Gasteiger partial charge in [-0.25, -0.2) is 8.78 Å². The van der Waals surface area contributed by atoms with Crippen molar-refractivity contribution in [3.63, 3.8) is 0 Å². The van der Waals surface area contributed by atoms with E-state index < -0.39 is 25.7 Å². The number of benzene rings is 3. The third-order valence-corrected chi connectivity index (χ3v) is 8.30. The highest BCUT2D eigenvalue weighted by Crippen LogP contribution is 2.38. The molecule has 12 heteroatoms. The van der Waals surface area contributed by atoms with E-state index in [1.54, 1.807) is 0 Å². The van der Waals surface area contributed by atoms with Crippen LogP contribution in [-0.4, -0.2) is 79.4 Å². The number of rotatable bonds is 17. The lowest BCUT2D eigenvalue weighted by atomic mass is 9.98. The number of β-amino-alcohol motifs (C(OH)–C–C–N with tert-alkyl or cyclic N) is 1. The fourth-order valence-corrected chi connectivity index (χ4v) is 5.63. The quantitative estimate of drug-likeness (QED) is 0.125. The molecule has 8 nitrogen and oxygen atoms in total. The average molecular weight is 668 g/mol. The number of ether oxygens (including phenoxy) is 3. The molecule has 1 saturated heterocycles. The number of carbonyl (C=O) groups excluding carboxylic acids is 1. The van der Waals surface area contributed by atoms with E-state index in [-0.39, 0.29) is 35.8 Å². The molecule has 0 amide bonds. The topological polar surface area (TPSA) is 100 Å². The zero-order valence-corrected chi connectivity index (χ0v) is 26.5. The Balaban J connectivity index is 1.46. The van der Waals surface area contributed by atoms with Gasteiger partial charge < -0.3 is 39.4 Å². The van der Waals surface area contributed by atoms with Crippen molar-refractivity contribution in [2.45, 2.75) is 51.5 Å². The van der Waals surface area contributed by atoms with Gasteiger partial charge in [0.25, 0.3) is 6.43 Å². The largest absolute Gasteiger partial charge is 0.493 e. The Kier molecular flexibility index (Phi) is 13.2. The Hall–Kier alpha value is -2.99. The zero-order valence-electron chi connectivity index (χ0n) is 25.0. The molecule has 1 aliphatic rings. The normalized spacial score (nSPS) is 15.8. The molecule has 45 heavy (non-hydrogen) atoms. The fraction of sp³-hybridized carbons (Fsp3) is 0.424. The number of aliphatic hydroxyl groups excluding tert-OH is 2. The third kappa shape index (κ3) is 9.75. The van der Waals surface area contributed by atoms with Crippen molar-refractivity contribution in [1.29, 1.82) is 0 Å². The van der Waals surface area contributed by atoms with Crippen LogP contribution in [0.15, 0.2) is 48.5 Å². The summed E-state index contributed by atoms with van der Waals surface area (Å²) in [6.07, 6.45) is -0.728. The van der Waals surface area contributed by atoms with Crippen LogP contribution in [0.25, 0.3) is 11.1 Å². The highest BCUT2D eigenvalue weighted by Gasteiger charge is 2.20. The molecule has 244 valence electrons. The minimum Gasteiger partial charge on any atom is -0.493 e. The maximum atomic E-state index is 12.9. The predicted octanol–water partition coefficient (Wildman–Crippen LogP) is 5.68. The monoisotopic (exact) mass is 666 g/mol. The highest BCUT2D eigenvalue weighted by atomic mass is 35.5. The maximum Gasteiger partial charge on any atom is 0.272 e. The van der Waals surface area contributed by atoms with Gasteiger partial charge in [-0.05, 0) is 43.0 Å². The predicted molar refractivity (Wildman–Crippen MR) is 170 cm³/mol. The first-order valence-corrected chi connectivity index (χ1v) is 15.5. The van der Waals surface area contributed by atoms with Crippen LogP contribution in [0.3, 0.4) is 0 Å². The molecule has 0 spiro atoms. The number of carbonyl (C=O) groups is 1. The van der Waals surface area contributed by atoms with Crippen molar-refractivity contribution in [1.82, 2.24) is 10.2 Å². The molecule has 3 aromatic rings. The van der Waals surface area contributed by atoms with E-state index in [1.165, 1.54) is 12.1 Å². The maximum absolute atomic E-state index is 12.9. The lowest BCUT2D eigenvalue weighted by molar-refractivity contribution is -0.110. The Morgan fingerprint density at radius 2 is 1.82 bits per heavy atom. The lowest BCUT2D eigenvalue weighted by Crippen LogP contribution is -2.33. The van der Waals surface area contributed by atoms with E-state index in [0.717, 1.165) is 48.4 Å². The molecule has 0 aliphatic carbocycles. The number of hydrogen-bond acceptors (Lipinski definition) is 8. The number of hydrogen-bond donors (Lipinski definition) is 3. The molecule has 0 bridgehead atoms. The third-order valence-electron chi connectivity index (χ3n) is 7.56. The first-order valence-electron chi connectivity index (χ1n) is 14.8. The Labute approximate surface area is 271 Å². The van der Waals surface area contributed by atoms with Crippen molar-refractivity contribution in [3.8, 4) is 28.4 Å². The summed E-state index contributed by atoms with van der Waals surface area (Å²) in [5.41, 5.74) is 3.76. The summed E-state index contributed by atoms with van der Waals surface area (Å²) in [5.74, 6) is 1.08. The number of likely N-dealkylation sites (tertiary alicyclic amines) is 1. The SMILES string of the molecule is Cc1c(OCCCN2CC[C@@H](O)C2)cccc1-c1cccc(COc2cc(OCC(F)F)c(CNC(C=O)CO)cc2Cl)c1Cl. The van der Waals surface area contributed by atoms with Crippen LogP contribution in [0.4, 0.5) is 8.78 Å². The van der Waals surface area contributed by atoms with Gasteiger partial charge >= 0.3 is 0 Å². The first kappa shape index (κ1) is 34.9. The summed E-state index contributed by atoms with van der Waals surface area (Å²) in [4.78, 5) is 13.3. The smallest absolute Gasteiger partial charge is 0.272 e. The van der Waals surface area contributed by atoms with Gasteiger partial charge in [0.05, 0.1) is 35.4 Å². The van der Waals surface area contributed by atoms with Crippen LogP contribution in [0, 0.1) is 6.92 Å². The molecular formula is C33H38Cl2F2N2O6. The van der Waals surface area contributed by atoms with Gasteiger partial charge in [-0.1, -0.05) is 53.5 Å². The number of halogens is 4. The second-order valence-electron chi connectivity index (χ2n) is 10.8. The lowest BCUT2D eigenvalue weighted by Gasteiger charge is -2.18. The van der Waals surface area contributed by atoms with Gasteiger partial charge in [-0.2, -0.15) is 0 Å². The summed E-state index contributed by atoms with van der Waals surface area (Å²) in [6, 6.07) is 13.5. The number of aldehydes is 1. The summed E-state index contributed by atoms with van der Waals surface area (Å²) >= 11 is 13.4. The fourth-order valence-electron chi connectivity index (χ4n) is 5.11. The Morgan fingerprint density at radius 3 is 2.53 bits per heavy atom. The van der Waals surface area contributed by atoms with Gasteiger partial charge in [-0.3, -0.25) is 0 Å².